The number of amides is 1. The molecule has 0 saturated heterocycles. The molecule has 0 heterocycles. The lowest BCUT2D eigenvalue weighted by molar-refractivity contribution is -0.128. The summed E-state index contributed by atoms with van der Waals surface area (Å²) in [4.78, 5) is 12.3. The van der Waals surface area contributed by atoms with Crippen molar-refractivity contribution in [2.45, 2.75) is 40.2 Å². The molecule has 2 rings (SSSR count). The van der Waals surface area contributed by atoms with Crippen molar-refractivity contribution in [2.75, 3.05) is 13.2 Å². The monoisotopic (exact) mass is 341 g/mol. The molecule has 0 fully saturated rings. The molecule has 1 atom stereocenters. The van der Waals surface area contributed by atoms with Crippen molar-refractivity contribution < 1.29 is 14.3 Å². The molecule has 0 aliphatic rings. The predicted molar refractivity (Wildman–Crippen MR) is 100 cm³/mol. The Kier molecular flexibility index (Phi) is 6.87. The molecule has 1 amide bonds. The Labute approximate surface area is 150 Å². The van der Waals surface area contributed by atoms with Crippen LogP contribution in [-0.4, -0.2) is 25.2 Å². The molecule has 1 N–H and O–H groups in total. The van der Waals surface area contributed by atoms with Crippen LogP contribution in [0.15, 0.2) is 42.5 Å². The number of benzene rings is 2. The molecule has 2 aromatic carbocycles. The summed E-state index contributed by atoms with van der Waals surface area (Å²) in [5, 5.41) is 2.88. The van der Waals surface area contributed by atoms with Gasteiger partial charge in [0.15, 0.2) is 6.10 Å². The van der Waals surface area contributed by atoms with Gasteiger partial charge in [0.1, 0.15) is 18.1 Å². The Hall–Kier alpha value is -2.49. The van der Waals surface area contributed by atoms with Gasteiger partial charge in [0.05, 0.1) is 6.54 Å². The van der Waals surface area contributed by atoms with Crippen molar-refractivity contribution >= 4 is 5.91 Å². The minimum absolute atomic E-state index is 0.117. The van der Waals surface area contributed by atoms with Crippen molar-refractivity contribution in [1.29, 1.82) is 0 Å². The van der Waals surface area contributed by atoms with E-state index in [2.05, 4.69) is 18.3 Å². The number of carbonyl (C=O) groups excluding carboxylic acids is 1. The van der Waals surface area contributed by atoms with Crippen LogP contribution in [0.25, 0.3) is 0 Å². The van der Waals surface area contributed by atoms with Gasteiger partial charge in [-0.15, -0.1) is 0 Å². The second-order valence-corrected chi connectivity index (χ2v) is 6.17. The topological polar surface area (TPSA) is 47.6 Å². The average molecular weight is 341 g/mol. The first kappa shape index (κ1) is 18.8. The standard InChI is InChI=1S/C21H27NO3/c1-5-19(25-18-10-6-8-15(2)14-18)21(23)22-12-13-24-20-11-7-9-16(3)17(20)4/h6-11,14,19H,5,12-13H2,1-4H3,(H,22,23). The molecule has 2 aromatic rings. The van der Waals surface area contributed by atoms with E-state index in [0.717, 1.165) is 16.9 Å². The normalized spacial score (nSPS) is 11.7. The van der Waals surface area contributed by atoms with Crippen molar-refractivity contribution in [3.8, 4) is 11.5 Å². The van der Waals surface area contributed by atoms with Crippen LogP contribution in [0.3, 0.4) is 0 Å². The molecule has 4 nitrogen and oxygen atoms in total. The highest BCUT2D eigenvalue weighted by Gasteiger charge is 2.18. The first-order valence-corrected chi connectivity index (χ1v) is 8.71. The van der Waals surface area contributed by atoms with Gasteiger partial charge in [-0.05, 0) is 62.1 Å². The van der Waals surface area contributed by atoms with E-state index in [4.69, 9.17) is 9.47 Å². The summed E-state index contributed by atoms with van der Waals surface area (Å²) < 4.78 is 11.6. The highest BCUT2D eigenvalue weighted by molar-refractivity contribution is 5.81. The number of hydrogen-bond donors (Lipinski definition) is 1. The molecule has 1 unspecified atom stereocenters. The van der Waals surface area contributed by atoms with Gasteiger partial charge in [-0.2, -0.15) is 0 Å². The highest BCUT2D eigenvalue weighted by atomic mass is 16.5. The average Bonchev–Trinajstić information content (AvgIpc) is 2.60. The zero-order chi connectivity index (χ0) is 18.2. The number of carbonyl (C=O) groups is 1. The van der Waals surface area contributed by atoms with E-state index < -0.39 is 6.10 Å². The number of hydrogen-bond acceptors (Lipinski definition) is 3. The summed E-state index contributed by atoms with van der Waals surface area (Å²) in [5.41, 5.74) is 3.43. The van der Waals surface area contributed by atoms with Gasteiger partial charge in [0.25, 0.3) is 5.91 Å². The molecule has 0 radical (unpaired) electrons. The van der Waals surface area contributed by atoms with Gasteiger partial charge in [-0.3, -0.25) is 4.79 Å². The van der Waals surface area contributed by atoms with E-state index in [9.17, 15) is 4.79 Å². The first-order valence-electron chi connectivity index (χ1n) is 8.71. The second kappa shape index (κ2) is 9.11. The fourth-order valence-electron chi connectivity index (χ4n) is 2.50. The van der Waals surface area contributed by atoms with Gasteiger partial charge in [-0.1, -0.05) is 31.2 Å². The van der Waals surface area contributed by atoms with E-state index in [1.165, 1.54) is 5.56 Å². The largest absolute Gasteiger partial charge is 0.491 e. The van der Waals surface area contributed by atoms with Gasteiger partial charge < -0.3 is 14.8 Å². The van der Waals surface area contributed by atoms with E-state index in [1.807, 2.05) is 57.2 Å². The van der Waals surface area contributed by atoms with Gasteiger partial charge in [0, 0.05) is 0 Å². The van der Waals surface area contributed by atoms with Crippen molar-refractivity contribution in [3.63, 3.8) is 0 Å². The third kappa shape index (κ3) is 5.52. The van der Waals surface area contributed by atoms with Crippen molar-refractivity contribution in [2.24, 2.45) is 0 Å². The predicted octanol–water partition coefficient (Wildman–Crippen LogP) is 3.96. The Balaban J connectivity index is 1.81. The first-order chi connectivity index (χ1) is 12.0. The molecule has 0 aliphatic heterocycles. The minimum Gasteiger partial charge on any atom is -0.491 e. The third-order valence-corrected chi connectivity index (χ3v) is 4.14. The lowest BCUT2D eigenvalue weighted by atomic mass is 10.1. The van der Waals surface area contributed by atoms with Crippen LogP contribution < -0.4 is 14.8 Å². The summed E-state index contributed by atoms with van der Waals surface area (Å²) in [7, 11) is 0. The van der Waals surface area contributed by atoms with Gasteiger partial charge in [-0.25, -0.2) is 0 Å². The number of ether oxygens (including phenoxy) is 2. The van der Waals surface area contributed by atoms with Crippen LogP contribution in [0.5, 0.6) is 11.5 Å². The van der Waals surface area contributed by atoms with E-state index in [-0.39, 0.29) is 5.91 Å². The smallest absolute Gasteiger partial charge is 0.261 e. The zero-order valence-electron chi connectivity index (χ0n) is 15.5. The van der Waals surface area contributed by atoms with E-state index in [0.29, 0.717) is 25.3 Å². The van der Waals surface area contributed by atoms with Crippen LogP contribution in [0.2, 0.25) is 0 Å². The van der Waals surface area contributed by atoms with E-state index in [1.54, 1.807) is 0 Å². The molecule has 0 bridgehead atoms. The molecular formula is C21H27NO3. The Morgan fingerprint density at radius 3 is 2.60 bits per heavy atom. The Morgan fingerprint density at radius 1 is 1.12 bits per heavy atom. The number of aryl methyl sites for hydroxylation is 2. The van der Waals surface area contributed by atoms with Crippen LogP contribution in [0.4, 0.5) is 0 Å². The zero-order valence-corrected chi connectivity index (χ0v) is 15.5. The van der Waals surface area contributed by atoms with Gasteiger partial charge >= 0.3 is 0 Å². The molecule has 4 heteroatoms. The van der Waals surface area contributed by atoms with Crippen molar-refractivity contribution in [3.05, 3.63) is 59.2 Å². The van der Waals surface area contributed by atoms with E-state index >= 15 is 0 Å². The lowest BCUT2D eigenvalue weighted by Gasteiger charge is -2.18. The number of rotatable bonds is 8. The van der Waals surface area contributed by atoms with Crippen LogP contribution in [0.1, 0.15) is 30.0 Å². The summed E-state index contributed by atoms with van der Waals surface area (Å²) in [5.74, 6) is 1.46. The van der Waals surface area contributed by atoms with Crippen molar-refractivity contribution in [1.82, 2.24) is 5.32 Å². The molecule has 134 valence electrons. The number of nitrogens with one attached hydrogen (secondary N) is 1. The lowest BCUT2D eigenvalue weighted by Crippen LogP contribution is -2.39. The van der Waals surface area contributed by atoms with Gasteiger partial charge in [0.2, 0.25) is 0 Å². The SMILES string of the molecule is CCC(Oc1cccc(C)c1)C(=O)NCCOc1cccc(C)c1C. The van der Waals surface area contributed by atoms with Crippen LogP contribution in [-0.2, 0) is 4.79 Å². The van der Waals surface area contributed by atoms with Crippen LogP contribution >= 0.6 is 0 Å². The molecule has 0 saturated carbocycles. The molecule has 0 aliphatic carbocycles. The fourth-order valence-corrected chi connectivity index (χ4v) is 2.50. The maximum atomic E-state index is 12.3. The summed E-state index contributed by atoms with van der Waals surface area (Å²) in [6, 6.07) is 13.7. The molecule has 0 spiro atoms. The third-order valence-electron chi connectivity index (χ3n) is 4.14. The minimum atomic E-state index is -0.498. The second-order valence-electron chi connectivity index (χ2n) is 6.17. The maximum absolute atomic E-state index is 12.3. The molecule has 25 heavy (non-hydrogen) atoms. The quantitative estimate of drug-likeness (QED) is 0.739. The summed E-state index contributed by atoms with van der Waals surface area (Å²) >= 11 is 0. The summed E-state index contributed by atoms with van der Waals surface area (Å²) in [6.45, 7) is 8.90. The molecular weight excluding hydrogens is 314 g/mol. The maximum Gasteiger partial charge on any atom is 0.261 e. The Bertz CT molecular complexity index is 712. The Morgan fingerprint density at radius 2 is 1.88 bits per heavy atom. The molecule has 0 aromatic heterocycles. The fraction of sp³-hybridized carbons (Fsp3) is 0.381. The van der Waals surface area contributed by atoms with Crippen LogP contribution in [0, 0.1) is 20.8 Å². The summed E-state index contributed by atoms with van der Waals surface area (Å²) in [6.07, 6.45) is 0.111. The highest BCUT2D eigenvalue weighted by Crippen LogP contribution is 2.20.